The number of benzene rings is 1. The predicted octanol–water partition coefficient (Wildman–Crippen LogP) is 1.01. The molecular weight excluding hydrogens is 271 g/mol. The van der Waals surface area contributed by atoms with E-state index in [9.17, 15) is 9.18 Å². The molecule has 5 heteroatoms. The van der Waals surface area contributed by atoms with Gasteiger partial charge in [0.05, 0.1) is 6.04 Å². The van der Waals surface area contributed by atoms with Gasteiger partial charge in [-0.1, -0.05) is 18.3 Å². The largest absolute Gasteiger partial charge is 0.384 e. The number of aliphatic hydroxyl groups is 1. The number of carbonyl (C=O) groups excluding carboxylic acids is 1. The van der Waals surface area contributed by atoms with E-state index in [0.717, 1.165) is 31.4 Å². The molecule has 1 aromatic carbocycles. The van der Waals surface area contributed by atoms with Gasteiger partial charge in [-0.25, -0.2) is 4.39 Å². The lowest BCUT2D eigenvalue weighted by atomic mass is 10.00. The van der Waals surface area contributed by atoms with Gasteiger partial charge < -0.3 is 10.8 Å². The van der Waals surface area contributed by atoms with Crippen molar-refractivity contribution in [3.8, 4) is 11.8 Å². The summed E-state index contributed by atoms with van der Waals surface area (Å²) in [6, 6.07) is 4.26. The number of nitrogens with two attached hydrogens (primary N) is 1. The molecule has 0 aromatic heterocycles. The van der Waals surface area contributed by atoms with E-state index in [-0.39, 0.29) is 24.4 Å². The molecule has 3 N–H and O–H groups in total. The summed E-state index contributed by atoms with van der Waals surface area (Å²) in [4.78, 5) is 13.5. The highest BCUT2D eigenvalue weighted by Gasteiger charge is 2.26. The van der Waals surface area contributed by atoms with Crippen LogP contribution >= 0.6 is 0 Å². The van der Waals surface area contributed by atoms with Crippen LogP contribution in [0.2, 0.25) is 0 Å². The Morgan fingerprint density at radius 3 is 2.95 bits per heavy atom. The number of rotatable bonds is 3. The van der Waals surface area contributed by atoms with E-state index >= 15 is 0 Å². The summed E-state index contributed by atoms with van der Waals surface area (Å²) in [5.41, 5.74) is 6.71. The number of primary amides is 1. The van der Waals surface area contributed by atoms with E-state index in [1.54, 1.807) is 6.07 Å². The van der Waals surface area contributed by atoms with Crippen molar-refractivity contribution in [1.29, 1.82) is 0 Å². The predicted molar refractivity (Wildman–Crippen MR) is 77.6 cm³/mol. The molecule has 1 amide bonds. The van der Waals surface area contributed by atoms with Gasteiger partial charge in [0.15, 0.2) is 0 Å². The maximum absolute atomic E-state index is 13.6. The molecule has 21 heavy (non-hydrogen) atoms. The zero-order valence-electron chi connectivity index (χ0n) is 11.8. The summed E-state index contributed by atoms with van der Waals surface area (Å²) in [6.45, 7) is 0.989. The van der Waals surface area contributed by atoms with Crippen LogP contribution in [0, 0.1) is 17.7 Å². The maximum atomic E-state index is 13.6. The van der Waals surface area contributed by atoms with Crippen molar-refractivity contribution in [3.63, 3.8) is 0 Å². The Morgan fingerprint density at radius 1 is 1.43 bits per heavy atom. The molecule has 0 spiro atoms. The minimum absolute atomic E-state index is 0.262. The van der Waals surface area contributed by atoms with Crippen LogP contribution in [-0.4, -0.2) is 35.1 Å². The Bertz CT molecular complexity index is 577. The topological polar surface area (TPSA) is 66.6 Å². The lowest BCUT2D eigenvalue weighted by Crippen LogP contribution is -2.47. The fourth-order valence-corrected chi connectivity index (χ4v) is 2.69. The molecule has 0 radical (unpaired) electrons. The number of piperidine rings is 1. The number of likely N-dealkylation sites (tertiary alicyclic amines) is 1. The van der Waals surface area contributed by atoms with Crippen LogP contribution in [0.4, 0.5) is 4.39 Å². The first-order valence-electron chi connectivity index (χ1n) is 7.02. The third-order valence-corrected chi connectivity index (χ3v) is 3.60. The molecule has 4 nitrogen and oxygen atoms in total. The third-order valence-electron chi connectivity index (χ3n) is 3.60. The summed E-state index contributed by atoms with van der Waals surface area (Å²) in [7, 11) is 0. The van der Waals surface area contributed by atoms with Gasteiger partial charge in [0.1, 0.15) is 12.4 Å². The minimum Gasteiger partial charge on any atom is -0.384 e. The van der Waals surface area contributed by atoms with Crippen molar-refractivity contribution >= 4 is 5.91 Å². The molecule has 2 rings (SSSR count). The molecule has 1 atom stereocenters. The van der Waals surface area contributed by atoms with Crippen molar-refractivity contribution in [2.75, 3.05) is 13.2 Å². The Labute approximate surface area is 123 Å². The van der Waals surface area contributed by atoms with Gasteiger partial charge in [0.25, 0.3) is 0 Å². The molecule has 1 aliphatic rings. The fourth-order valence-electron chi connectivity index (χ4n) is 2.69. The zero-order valence-corrected chi connectivity index (χ0v) is 11.8. The fraction of sp³-hybridized carbons (Fsp3) is 0.438. The molecule has 1 heterocycles. The number of nitrogens with zero attached hydrogens (tertiary/aromatic N) is 1. The van der Waals surface area contributed by atoms with Crippen LogP contribution in [0.25, 0.3) is 0 Å². The van der Waals surface area contributed by atoms with Crippen LogP contribution in [0.1, 0.15) is 30.4 Å². The van der Waals surface area contributed by atoms with Crippen LogP contribution in [-0.2, 0) is 11.3 Å². The Kier molecular flexibility index (Phi) is 5.32. The van der Waals surface area contributed by atoms with Crippen molar-refractivity contribution < 1.29 is 14.3 Å². The van der Waals surface area contributed by atoms with Gasteiger partial charge in [-0.2, -0.15) is 0 Å². The monoisotopic (exact) mass is 290 g/mol. The van der Waals surface area contributed by atoms with Crippen molar-refractivity contribution in [2.24, 2.45) is 5.73 Å². The zero-order chi connectivity index (χ0) is 15.2. The van der Waals surface area contributed by atoms with Crippen molar-refractivity contribution in [3.05, 3.63) is 35.1 Å². The molecule has 0 saturated carbocycles. The summed E-state index contributed by atoms with van der Waals surface area (Å²) in [6.07, 6.45) is 2.75. The highest BCUT2D eigenvalue weighted by molar-refractivity contribution is 5.79. The molecule has 1 saturated heterocycles. The van der Waals surface area contributed by atoms with Gasteiger partial charge in [0, 0.05) is 12.1 Å². The number of hydrogen-bond acceptors (Lipinski definition) is 3. The third kappa shape index (κ3) is 4.28. The van der Waals surface area contributed by atoms with E-state index in [2.05, 4.69) is 11.8 Å². The quantitative estimate of drug-likeness (QED) is 0.817. The molecule has 112 valence electrons. The van der Waals surface area contributed by atoms with E-state index in [1.807, 2.05) is 4.90 Å². The second-order valence-corrected chi connectivity index (χ2v) is 5.19. The van der Waals surface area contributed by atoms with Gasteiger partial charge in [-0.05, 0) is 43.1 Å². The second kappa shape index (κ2) is 7.21. The number of aliphatic hydroxyl groups excluding tert-OH is 1. The van der Waals surface area contributed by atoms with E-state index in [1.165, 1.54) is 12.1 Å². The highest BCUT2D eigenvalue weighted by atomic mass is 19.1. The first kappa shape index (κ1) is 15.5. The maximum Gasteiger partial charge on any atom is 0.234 e. The number of amides is 1. The number of hydrogen-bond donors (Lipinski definition) is 2. The molecule has 1 aromatic rings. The normalized spacial score (nSPS) is 18.9. The molecule has 1 aliphatic heterocycles. The minimum atomic E-state index is -0.373. The van der Waals surface area contributed by atoms with Crippen molar-refractivity contribution in [1.82, 2.24) is 4.90 Å². The standard InChI is InChI=1S/C16H19FN2O2/c17-14-9-12(4-3-7-20)8-13(10-14)11-19-6-2-1-5-15(19)16(18)21/h8-10,15,20H,1-2,5-7,11H2,(H2,18,21). The molecule has 0 aliphatic carbocycles. The highest BCUT2D eigenvalue weighted by Crippen LogP contribution is 2.20. The van der Waals surface area contributed by atoms with Crippen LogP contribution in [0.15, 0.2) is 18.2 Å². The first-order valence-corrected chi connectivity index (χ1v) is 7.02. The average Bonchev–Trinajstić information content (AvgIpc) is 2.45. The molecule has 1 fully saturated rings. The van der Waals surface area contributed by atoms with E-state index in [0.29, 0.717) is 12.1 Å². The lowest BCUT2D eigenvalue weighted by molar-refractivity contribution is -0.124. The summed E-state index contributed by atoms with van der Waals surface area (Å²) in [5, 5.41) is 8.70. The SMILES string of the molecule is NC(=O)C1CCCCN1Cc1cc(F)cc(C#CCO)c1. The summed E-state index contributed by atoms with van der Waals surface area (Å²) < 4.78 is 13.6. The first-order chi connectivity index (χ1) is 10.1. The van der Waals surface area contributed by atoms with E-state index < -0.39 is 0 Å². The van der Waals surface area contributed by atoms with Crippen LogP contribution in [0.3, 0.4) is 0 Å². The summed E-state index contributed by atoms with van der Waals surface area (Å²) in [5.74, 6) is 4.50. The lowest BCUT2D eigenvalue weighted by Gasteiger charge is -2.33. The number of halogens is 1. The molecule has 0 bridgehead atoms. The van der Waals surface area contributed by atoms with Gasteiger partial charge in [0.2, 0.25) is 5.91 Å². The average molecular weight is 290 g/mol. The van der Waals surface area contributed by atoms with Crippen molar-refractivity contribution in [2.45, 2.75) is 31.8 Å². The molecular formula is C16H19FN2O2. The number of carbonyl (C=O) groups is 1. The van der Waals surface area contributed by atoms with Crippen LogP contribution < -0.4 is 5.73 Å². The van der Waals surface area contributed by atoms with Gasteiger partial charge >= 0.3 is 0 Å². The Hall–Kier alpha value is -1.90. The van der Waals surface area contributed by atoms with Gasteiger partial charge in [-0.3, -0.25) is 9.69 Å². The van der Waals surface area contributed by atoms with E-state index in [4.69, 9.17) is 10.8 Å². The van der Waals surface area contributed by atoms with Crippen LogP contribution in [0.5, 0.6) is 0 Å². The van der Waals surface area contributed by atoms with Gasteiger partial charge in [-0.15, -0.1) is 0 Å². The Balaban J connectivity index is 2.17. The summed E-state index contributed by atoms with van der Waals surface area (Å²) >= 11 is 0. The Morgan fingerprint density at radius 2 is 2.24 bits per heavy atom. The smallest absolute Gasteiger partial charge is 0.234 e. The second-order valence-electron chi connectivity index (χ2n) is 5.19. The molecule has 1 unspecified atom stereocenters.